The summed E-state index contributed by atoms with van der Waals surface area (Å²) < 4.78 is 12.3. The van der Waals surface area contributed by atoms with Gasteiger partial charge >= 0.3 is 0 Å². The number of ether oxygens (including phenoxy) is 1. The molecule has 0 saturated heterocycles. The van der Waals surface area contributed by atoms with Crippen LogP contribution in [0.3, 0.4) is 0 Å². The highest BCUT2D eigenvalue weighted by atomic mass is 79.9. The molecular weight excluding hydrogens is 454 g/mol. The third-order valence-electron chi connectivity index (χ3n) is 4.85. The Morgan fingerprint density at radius 2 is 1.90 bits per heavy atom. The van der Waals surface area contributed by atoms with Gasteiger partial charge in [0.25, 0.3) is 0 Å². The number of halogens is 2. The van der Waals surface area contributed by atoms with Gasteiger partial charge in [0.05, 0.1) is 18.3 Å². The number of furan rings is 1. The van der Waals surface area contributed by atoms with E-state index in [2.05, 4.69) is 46.7 Å². The first-order valence-electron chi connectivity index (χ1n) is 9.20. The summed E-state index contributed by atoms with van der Waals surface area (Å²) in [6, 6.07) is 9.51. The Bertz CT molecular complexity index is 1220. The minimum atomic E-state index is -0.0623. The van der Waals surface area contributed by atoms with Crippen LogP contribution in [-0.4, -0.2) is 22.1 Å². The lowest BCUT2D eigenvalue weighted by Gasteiger charge is -2.18. The summed E-state index contributed by atoms with van der Waals surface area (Å²) in [4.78, 5) is 12.7. The van der Waals surface area contributed by atoms with E-state index in [-0.39, 0.29) is 5.41 Å². The van der Waals surface area contributed by atoms with E-state index in [0.29, 0.717) is 33.7 Å². The first-order valence-corrected chi connectivity index (χ1v) is 10.4. The van der Waals surface area contributed by atoms with Crippen LogP contribution in [0.2, 0.25) is 5.02 Å². The normalized spacial score (nSPS) is 12.0. The molecule has 0 fully saturated rings. The average molecular weight is 475 g/mol. The van der Waals surface area contributed by atoms with Crippen LogP contribution in [0.1, 0.15) is 31.9 Å². The highest BCUT2D eigenvalue weighted by molar-refractivity contribution is 9.10. The first-order chi connectivity index (χ1) is 13.7. The number of nitrogens with one attached hydrogen (secondary N) is 1. The zero-order valence-electron chi connectivity index (χ0n) is 16.9. The molecule has 0 amide bonds. The number of hydrogen-bond donors (Lipinski definition) is 1. The maximum atomic E-state index is 6.36. The quantitative estimate of drug-likeness (QED) is 0.350. The fourth-order valence-corrected chi connectivity index (χ4v) is 4.89. The molecule has 0 aliphatic carbocycles. The lowest BCUT2D eigenvalue weighted by atomic mass is 9.86. The van der Waals surface area contributed by atoms with Crippen molar-refractivity contribution in [2.75, 3.05) is 7.11 Å². The number of pyridine rings is 1. The Morgan fingerprint density at radius 3 is 2.52 bits per heavy atom. The van der Waals surface area contributed by atoms with Gasteiger partial charge in [0.2, 0.25) is 5.88 Å². The van der Waals surface area contributed by atoms with Crippen LogP contribution >= 0.6 is 27.5 Å². The molecule has 0 aliphatic rings. The van der Waals surface area contributed by atoms with E-state index in [4.69, 9.17) is 25.7 Å². The van der Waals surface area contributed by atoms with Crippen LogP contribution in [0, 0.1) is 6.92 Å². The number of hydrogen-bond acceptors (Lipinski definition) is 4. The Hall–Kier alpha value is -2.31. The molecule has 1 N–H and O–H groups in total. The monoisotopic (exact) mass is 473 g/mol. The van der Waals surface area contributed by atoms with Crippen molar-refractivity contribution in [3.8, 4) is 28.7 Å². The maximum absolute atomic E-state index is 6.36. The predicted octanol–water partition coefficient (Wildman–Crippen LogP) is 6.92. The van der Waals surface area contributed by atoms with Gasteiger partial charge in [-0.25, -0.2) is 9.97 Å². The number of H-pyrrole nitrogens is 1. The van der Waals surface area contributed by atoms with Gasteiger partial charge in [-0.3, -0.25) is 0 Å². The van der Waals surface area contributed by atoms with Gasteiger partial charge in [0.1, 0.15) is 0 Å². The van der Waals surface area contributed by atoms with Crippen LogP contribution in [0.25, 0.3) is 33.9 Å². The molecule has 0 bridgehead atoms. The molecule has 0 unspecified atom stereocenters. The highest BCUT2D eigenvalue weighted by Gasteiger charge is 2.28. The zero-order chi connectivity index (χ0) is 20.9. The summed E-state index contributed by atoms with van der Waals surface area (Å²) in [6.45, 7) is 8.50. The van der Waals surface area contributed by atoms with E-state index < -0.39 is 0 Å². The third kappa shape index (κ3) is 3.45. The molecule has 0 radical (unpaired) electrons. The Morgan fingerprint density at radius 1 is 1.17 bits per heavy atom. The second-order valence-electron chi connectivity index (χ2n) is 7.93. The molecule has 29 heavy (non-hydrogen) atoms. The molecule has 150 valence electrons. The topological polar surface area (TPSA) is 63.9 Å². The molecule has 0 spiro atoms. The first kappa shape index (κ1) is 20.0. The maximum Gasteiger partial charge on any atom is 0.242 e. The lowest BCUT2D eigenvalue weighted by molar-refractivity contribution is 0.403. The molecule has 7 heteroatoms. The predicted molar refractivity (Wildman–Crippen MR) is 120 cm³/mol. The van der Waals surface area contributed by atoms with Gasteiger partial charge < -0.3 is 14.1 Å². The zero-order valence-corrected chi connectivity index (χ0v) is 19.2. The standard InChI is InChI=1S/C22H21BrClN3O2/c1-11-16(22(2,3)4)19(23)29-18(11)20-25-15-10-14(12-8-6-7-9-13(12)24)26-21(28-5)17(15)27-20/h6-10H,1-5H3,(H,25,27). The van der Waals surface area contributed by atoms with Crippen molar-refractivity contribution in [1.82, 2.24) is 15.0 Å². The molecule has 0 aliphatic heterocycles. The van der Waals surface area contributed by atoms with Crippen LogP contribution < -0.4 is 4.74 Å². The van der Waals surface area contributed by atoms with E-state index >= 15 is 0 Å². The number of imidazole rings is 1. The summed E-state index contributed by atoms with van der Waals surface area (Å²) in [6.07, 6.45) is 0. The molecule has 5 nitrogen and oxygen atoms in total. The summed E-state index contributed by atoms with van der Waals surface area (Å²) in [5, 5.41) is 0.627. The summed E-state index contributed by atoms with van der Waals surface area (Å²) in [7, 11) is 1.58. The van der Waals surface area contributed by atoms with E-state index in [1.54, 1.807) is 7.11 Å². The van der Waals surface area contributed by atoms with Gasteiger partial charge in [-0.05, 0) is 40.4 Å². The van der Waals surface area contributed by atoms with Crippen molar-refractivity contribution in [3.63, 3.8) is 0 Å². The Labute approximate surface area is 182 Å². The van der Waals surface area contributed by atoms with Crippen molar-refractivity contribution in [2.24, 2.45) is 0 Å². The molecule has 4 aromatic rings. The third-order valence-corrected chi connectivity index (χ3v) is 5.74. The van der Waals surface area contributed by atoms with Crippen LogP contribution in [-0.2, 0) is 5.41 Å². The average Bonchev–Trinajstić information content (AvgIpc) is 3.21. The van der Waals surface area contributed by atoms with Crippen molar-refractivity contribution in [3.05, 3.63) is 51.2 Å². The van der Waals surface area contributed by atoms with Gasteiger partial charge in [0.15, 0.2) is 21.8 Å². The number of benzene rings is 1. The number of aromatic nitrogens is 3. The molecule has 3 heterocycles. The summed E-state index contributed by atoms with van der Waals surface area (Å²) in [5.74, 6) is 1.75. The Kier molecular flexibility index (Phi) is 4.95. The molecule has 0 atom stereocenters. The van der Waals surface area contributed by atoms with Crippen molar-refractivity contribution in [2.45, 2.75) is 33.1 Å². The largest absolute Gasteiger partial charge is 0.479 e. The molecule has 1 aromatic carbocycles. The fourth-order valence-electron chi connectivity index (χ4n) is 3.60. The van der Waals surface area contributed by atoms with Crippen LogP contribution in [0.5, 0.6) is 5.88 Å². The van der Waals surface area contributed by atoms with Crippen molar-refractivity contribution >= 4 is 38.6 Å². The number of fused-ring (bicyclic) bond motifs is 1. The van der Waals surface area contributed by atoms with Crippen LogP contribution in [0.4, 0.5) is 0 Å². The van der Waals surface area contributed by atoms with Gasteiger partial charge in [0, 0.05) is 21.7 Å². The van der Waals surface area contributed by atoms with E-state index in [1.807, 2.05) is 37.3 Å². The SMILES string of the molecule is COc1nc(-c2ccccc2Cl)cc2[nH]c(-c3oc(Br)c(C(C)(C)C)c3C)nc12. The van der Waals surface area contributed by atoms with Gasteiger partial charge in [-0.2, -0.15) is 0 Å². The molecule has 3 aromatic heterocycles. The number of methoxy groups -OCH3 is 1. The van der Waals surface area contributed by atoms with Gasteiger partial charge in [-0.15, -0.1) is 0 Å². The molecule has 0 saturated carbocycles. The summed E-state index contributed by atoms with van der Waals surface area (Å²) >= 11 is 9.93. The second kappa shape index (κ2) is 7.18. The smallest absolute Gasteiger partial charge is 0.242 e. The molecular formula is C22H21BrClN3O2. The van der Waals surface area contributed by atoms with Crippen LogP contribution in [0.15, 0.2) is 39.4 Å². The van der Waals surface area contributed by atoms with E-state index in [0.717, 1.165) is 26.9 Å². The summed E-state index contributed by atoms with van der Waals surface area (Å²) in [5.41, 5.74) is 5.08. The second-order valence-corrected chi connectivity index (χ2v) is 9.06. The minimum Gasteiger partial charge on any atom is -0.479 e. The fraction of sp³-hybridized carbons (Fsp3) is 0.273. The van der Waals surface area contributed by atoms with E-state index in [1.165, 1.54) is 0 Å². The lowest BCUT2D eigenvalue weighted by Crippen LogP contribution is -2.12. The van der Waals surface area contributed by atoms with Crippen molar-refractivity contribution in [1.29, 1.82) is 0 Å². The highest BCUT2D eigenvalue weighted by Crippen LogP contribution is 2.41. The van der Waals surface area contributed by atoms with Gasteiger partial charge in [-0.1, -0.05) is 50.6 Å². The van der Waals surface area contributed by atoms with E-state index in [9.17, 15) is 0 Å². The molecule has 4 rings (SSSR count). The van der Waals surface area contributed by atoms with Crippen molar-refractivity contribution < 1.29 is 9.15 Å². The number of rotatable bonds is 3. The number of aromatic amines is 1. The Balaban J connectivity index is 1.91. The minimum absolute atomic E-state index is 0.0623. The number of nitrogens with zero attached hydrogens (tertiary/aromatic N) is 2.